The van der Waals surface area contributed by atoms with Gasteiger partial charge in [-0.3, -0.25) is 0 Å². The van der Waals surface area contributed by atoms with Crippen LogP contribution in [0.3, 0.4) is 0 Å². The Labute approximate surface area is 61.8 Å². The van der Waals surface area contributed by atoms with Crippen molar-refractivity contribution in [2.24, 2.45) is 11.7 Å². The van der Waals surface area contributed by atoms with Crippen LogP contribution in [0.4, 0.5) is 0 Å². The number of nitrogens with two attached hydrogens (primary N) is 1. The molecule has 0 radical (unpaired) electrons. The Balaban J connectivity index is 2.49. The Morgan fingerprint density at radius 3 is 2.60 bits per heavy atom. The van der Waals surface area contributed by atoms with Gasteiger partial charge < -0.3 is 15.7 Å². The van der Waals surface area contributed by atoms with Crippen LogP contribution in [0.25, 0.3) is 0 Å². The summed E-state index contributed by atoms with van der Waals surface area (Å²) in [6, 6.07) is -0.0613. The highest BCUT2D eigenvalue weighted by atomic mass is 16.3. The fraction of sp³-hybridized carbons (Fsp3) is 1.00. The average molecular weight is 144 g/mol. The summed E-state index contributed by atoms with van der Waals surface area (Å²) in [4.78, 5) is 2.15. The first kappa shape index (κ1) is 7.98. The highest BCUT2D eigenvalue weighted by Crippen LogP contribution is 2.13. The number of aliphatic hydroxyl groups is 1. The molecule has 0 spiro atoms. The van der Waals surface area contributed by atoms with E-state index in [2.05, 4.69) is 4.90 Å². The van der Waals surface area contributed by atoms with Crippen molar-refractivity contribution >= 4 is 0 Å². The molecule has 0 bridgehead atoms. The zero-order valence-corrected chi connectivity index (χ0v) is 6.62. The normalized spacial score (nSPS) is 43.8. The number of likely N-dealkylation sites (N-methyl/N-ethyl adjacent to an activating group) is 1. The zero-order chi connectivity index (χ0) is 7.72. The van der Waals surface area contributed by atoms with Crippen LogP contribution in [0.15, 0.2) is 0 Å². The van der Waals surface area contributed by atoms with E-state index in [-0.39, 0.29) is 12.1 Å². The number of likely N-dealkylation sites (tertiary alicyclic amines) is 1. The van der Waals surface area contributed by atoms with Crippen molar-refractivity contribution < 1.29 is 5.11 Å². The molecule has 1 aliphatic rings. The van der Waals surface area contributed by atoms with Gasteiger partial charge in [0.25, 0.3) is 0 Å². The molecule has 1 rings (SSSR count). The van der Waals surface area contributed by atoms with Crippen molar-refractivity contribution in [2.75, 3.05) is 20.1 Å². The summed E-state index contributed by atoms with van der Waals surface area (Å²) in [6.45, 7) is 3.79. The summed E-state index contributed by atoms with van der Waals surface area (Å²) in [7, 11) is 2.03. The van der Waals surface area contributed by atoms with Gasteiger partial charge in [0.05, 0.1) is 6.10 Å². The lowest BCUT2D eigenvalue weighted by molar-refractivity contribution is 0.0269. The van der Waals surface area contributed by atoms with E-state index in [1.165, 1.54) is 0 Å². The van der Waals surface area contributed by atoms with Crippen LogP contribution in [0.1, 0.15) is 6.92 Å². The molecule has 0 aromatic carbocycles. The second kappa shape index (κ2) is 2.86. The van der Waals surface area contributed by atoms with Crippen LogP contribution in [-0.4, -0.2) is 42.3 Å². The van der Waals surface area contributed by atoms with E-state index in [4.69, 9.17) is 5.73 Å². The lowest BCUT2D eigenvalue weighted by Crippen LogP contribution is -2.54. The SMILES string of the molecule is C[C@@H]1CN(C)C[C@H](N)[C@H]1O. The molecule has 0 amide bonds. The summed E-state index contributed by atoms with van der Waals surface area (Å²) >= 11 is 0. The summed E-state index contributed by atoms with van der Waals surface area (Å²) in [5.41, 5.74) is 5.67. The maximum Gasteiger partial charge on any atom is 0.0741 e. The van der Waals surface area contributed by atoms with Crippen LogP contribution in [-0.2, 0) is 0 Å². The number of aliphatic hydroxyl groups excluding tert-OH is 1. The summed E-state index contributed by atoms with van der Waals surface area (Å²) < 4.78 is 0. The van der Waals surface area contributed by atoms with Gasteiger partial charge in [-0.1, -0.05) is 6.92 Å². The molecule has 1 saturated heterocycles. The minimum atomic E-state index is -0.309. The van der Waals surface area contributed by atoms with Crippen LogP contribution in [0.2, 0.25) is 0 Å². The van der Waals surface area contributed by atoms with E-state index in [1.54, 1.807) is 0 Å². The van der Waals surface area contributed by atoms with Crippen LogP contribution in [0, 0.1) is 5.92 Å². The molecule has 3 atom stereocenters. The Kier molecular flexibility index (Phi) is 2.28. The van der Waals surface area contributed by atoms with Gasteiger partial charge >= 0.3 is 0 Å². The molecule has 0 aromatic rings. The highest BCUT2D eigenvalue weighted by Gasteiger charge is 2.28. The summed E-state index contributed by atoms with van der Waals surface area (Å²) in [6.07, 6.45) is -0.309. The van der Waals surface area contributed by atoms with E-state index >= 15 is 0 Å². The molecule has 3 N–H and O–H groups in total. The van der Waals surface area contributed by atoms with Gasteiger partial charge in [-0.05, 0) is 13.0 Å². The Hall–Kier alpha value is -0.120. The average Bonchev–Trinajstić information content (AvgIpc) is 1.82. The lowest BCUT2D eigenvalue weighted by Gasteiger charge is -2.36. The van der Waals surface area contributed by atoms with Crippen LogP contribution in [0.5, 0.6) is 0 Å². The third kappa shape index (κ3) is 1.48. The Morgan fingerprint density at radius 2 is 2.10 bits per heavy atom. The van der Waals surface area contributed by atoms with Gasteiger partial charge in [0, 0.05) is 19.1 Å². The van der Waals surface area contributed by atoms with Gasteiger partial charge in [0.15, 0.2) is 0 Å². The predicted molar refractivity (Wildman–Crippen MR) is 40.6 cm³/mol. The summed E-state index contributed by atoms with van der Waals surface area (Å²) in [5.74, 6) is 0.314. The fourth-order valence-electron chi connectivity index (χ4n) is 1.56. The molecule has 0 saturated carbocycles. The number of nitrogens with zero attached hydrogens (tertiary/aromatic N) is 1. The number of hydrogen-bond donors (Lipinski definition) is 2. The van der Waals surface area contributed by atoms with E-state index < -0.39 is 0 Å². The monoisotopic (exact) mass is 144 g/mol. The largest absolute Gasteiger partial charge is 0.391 e. The first-order valence-electron chi connectivity index (χ1n) is 3.73. The predicted octanol–water partition coefficient (Wildman–Crippen LogP) is -0.744. The van der Waals surface area contributed by atoms with E-state index in [9.17, 15) is 5.11 Å². The quantitative estimate of drug-likeness (QED) is 0.470. The third-order valence-corrected chi connectivity index (χ3v) is 2.14. The molecule has 0 aromatic heterocycles. The van der Waals surface area contributed by atoms with Crippen molar-refractivity contribution in [1.29, 1.82) is 0 Å². The molecule has 3 heteroatoms. The molecular formula is C7H16N2O. The van der Waals surface area contributed by atoms with Crippen molar-refractivity contribution in [2.45, 2.75) is 19.1 Å². The summed E-state index contributed by atoms with van der Waals surface area (Å²) in [5, 5.41) is 9.41. The van der Waals surface area contributed by atoms with E-state index in [0.29, 0.717) is 5.92 Å². The number of hydrogen-bond acceptors (Lipinski definition) is 3. The van der Waals surface area contributed by atoms with Crippen molar-refractivity contribution in [3.63, 3.8) is 0 Å². The third-order valence-electron chi connectivity index (χ3n) is 2.14. The molecule has 3 nitrogen and oxygen atoms in total. The zero-order valence-electron chi connectivity index (χ0n) is 6.62. The van der Waals surface area contributed by atoms with Crippen LogP contribution >= 0.6 is 0 Å². The van der Waals surface area contributed by atoms with Crippen molar-refractivity contribution in [3.8, 4) is 0 Å². The first-order valence-corrected chi connectivity index (χ1v) is 3.73. The maximum atomic E-state index is 9.41. The minimum Gasteiger partial charge on any atom is -0.391 e. The number of piperidine rings is 1. The van der Waals surface area contributed by atoms with Crippen LogP contribution < -0.4 is 5.73 Å². The molecule has 1 fully saturated rings. The van der Waals surface area contributed by atoms with E-state index in [0.717, 1.165) is 13.1 Å². The topological polar surface area (TPSA) is 49.5 Å². The molecule has 1 aliphatic heterocycles. The minimum absolute atomic E-state index is 0.0613. The second-order valence-corrected chi connectivity index (χ2v) is 3.35. The Morgan fingerprint density at radius 1 is 1.50 bits per heavy atom. The molecule has 60 valence electrons. The molecular weight excluding hydrogens is 128 g/mol. The fourth-order valence-corrected chi connectivity index (χ4v) is 1.56. The molecule has 0 aliphatic carbocycles. The lowest BCUT2D eigenvalue weighted by atomic mass is 9.93. The Bertz CT molecular complexity index is 106. The van der Waals surface area contributed by atoms with Gasteiger partial charge in [-0.25, -0.2) is 0 Å². The van der Waals surface area contributed by atoms with Gasteiger partial charge in [-0.15, -0.1) is 0 Å². The maximum absolute atomic E-state index is 9.41. The molecule has 10 heavy (non-hydrogen) atoms. The highest BCUT2D eigenvalue weighted by molar-refractivity contribution is 4.85. The van der Waals surface area contributed by atoms with Crippen molar-refractivity contribution in [1.82, 2.24) is 4.90 Å². The smallest absolute Gasteiger partial charge is 0.0741 e. The first-order chi connectivity index (χ1) is 4.61. The van der Waals surface area contributed by atoms with E-state index in [1.807, 2.05) is 14.0 Å². The number of rotatable bonds is 0. The second-order valence-electron chi connectivity index (χ2n) is 3.35. The standard InChI is InChI=1S/C7H16N2O/c1-5-3-9(2)4-6(8)7(5)10/h5-7,10H,3-4,8H2,1-2H3/t5-,6+,7+/m1/s1. The molecule has 1 heterocycles. The van der Waals surface area contributed by atoms with Gasteiger partial charge in [0.1, 0.15) is 0 Å². The van der Waals surface area contributed by atoms with Crippen molar-refractivity contribution in [3.05, 3.63) is 0 Å². The van der Waals surface area contributed by atoms with Gasteiger partial charge in [0.2, 0.25) is 0 Å². The molecule has 0 unspecified atom stereocenters. The van der Waals surface area contributed by atoms with Gasteiger partial charge in [-0.2, -0.15) is 0 Å².